The zero-order valence-electron chi connectivity index (χ0n) is 11.0. The minimum atomic E-state index is -0.792. The molecule has 18 heavy (non-hydrogen) atoms. The van der Waals surface area contributed by atoms with Crippen molar-refractivity contribution in [3.8, 4) is 0 Å². The van der Waals surface area contributed by atoms with E-state index in [1.165, 1.54) is 6.42 Å². The lowest BCUT2D eigenvalue weighted by Gasteiger charge is -2.11. The molecule has 3 atom stereocenters. The molecule has 0 saturated heterocycles. The topological polar surface area (TPSA) is 62.5 Å². The monoisotopic (exact) mass is 251 g/mol. The average molecular weight is 251 g/mol. The van der Waals surface area contributed by atoms with Gasteiger partial charge in [-0.15, -0.1) is 0 Å². The molecule has 3 unspecified atom stereocenters. The minimum Gasteiger partial charge on any atom is -0.480 e. The van der Waals surface area contributed by atoms with Gasteiger partial charge in [0, 0.05) is 5.92 Å². The molecular weight excluding hydrogens is 230 g/mol. The van der Waals surface area contributed by atoms with Crippen molar-refractivity contribution in [2.45, 2.75) is 51.6 Å². The van der Waals surface area contributed by atoms with Crippen molar-refractivity contribution in [1.29, 1.82) is 0 Å². The van der Waals surface area contributed by atoms with Crippen molar-refractivity contribution >= 4 is 5.97 Å². The lowest BCUT2D eigenvalue weighted by Crippen LogP contribution is -2.35. The van der Waals surface area contributed by atoms with Gasteiger partial charge in [-0.05, 0) is 30.9 Å². The molecule has 0 spiro atoms. The van der Waals surface area contributed by atoms with Gasteiger partial charge >= 0.3 is 5.97 Å². The number of carboxylic acid groups (broad SMARTS) is 1. The number of rotatable bonds is 7. The van der Waals surface area contributed by atoms with Crippen LogP contribution in [0.5, 0.6) is 0 Å². The van der Waals surface area contributed by atoms with Crippen LogP contribution in [0.4, 0.5) is 0 Å². The van der Waals surface area contributed by atoms with E-state index >= 15 is 0 Å². The van der Waals surface area contributed by atoms with E-state index in [1.807, 2.05) is 19.1 Å². The van der Waals surface area contributed by atoms with Crippen LogP contribution in [0.25, 0.3) is 0 Å². The van der Waals surface area contributed by atoms with Crippen LogP contribution in [0.2, 0.25) is 0 Å². The van der Waals surface area contributed by atoms with Gasteiger partial charge in [-0.2, -0.15) is 0 Å². The van der Waals surface area contributed by atoms with Gasteiger partial charge in [0.2, 0.25) is 0 Å². The van der Waals surface area contributed by atoms with E-state index in [9.17, 15) is 4.79 Å². The molecule has 1 saturated carbocycles. The summed E-state index contributed by atoms with van der Waals surface area (Å²) in [4.78, 5) is 11.0. The van der Waals surface area contributed by atoms with Gasteiger partial charge in [0.1, 0.15) is 17.6 Å². The van der Waals surface area contributed by atoms with Crippen LogP contribution < -0.4 is 5.32 Å². The number of carbonyl (C=O) groups is 1. The summed E-state index contributed by atoms with van der Waals surface area (Å²) in [6.07, 6.45) is 2.70. The summed E-state index contributed by atoms with van der Waals surface area (Å²) >= 11 is 0. The number of nitrogens with one attached hydrogen (secondary N) is 1. The van der Waals surface area contributed by atoms with Gasteiger partial charge in [-0.25, -0.2) is 0 Å². The van der Waals surface area contributed by atoms with Gasteiger partial charge in [-0.3, -0.25) is 10.1 Å². The van der Waals surface area contributed by atoms with Gasteiger partial charge in [0.25, 0.3) is 0 Å². The Morgan fingerprint density at radius 2 is 2.33 bits per heavy atom. The van der Waals surface area contributed by atoms with E-state index in [1.54, 1.807) is 0 Å². The molecule has 0 bridgehead atoms. The minimum absolute atomic E-state index is 0.483. The van der Waals surface area contributed by atoms with Crippen molar-refractivity contribution in [3.63, 3.8) is 0 Å². The quantitative estimate of drug-likeness (QED) is 0.782. The van der Waals surface area contributed by atoms with Crippen molar-refractivity contribution in [1.82, 2.24) is 5.32 Å². The Morgan fingerprint density at radius 3 is 2.89 bits per heavy atom. The Hall–Kier alpha value is -1.29. The summed E-state index contributed by atoms with van der Waals surface area (Å²) < 4.78 is 5.73. The number of aliphatic carboxylic acids is 1. The van der Waals surface area contributed by atoms with Gasteiger partial charge in [0.15, 0.2) is 0 Å². The lowest BCUT2D eigenvalue weighted by molar-refractivity contribution is -0.139. The van der Waals surface area contributed by atoms with Crippen LogP contribution in [0.3, 0.4) is 0 Å². The molecule has 0 aromatic carbocycles. The molecule has 4 nitrogen and oxygen atoms in total. The third-order valence-corrected chi connectivity index (χ3v) is 3.56. The van der Waals surface area contributed by atoms with Crippen LogP contribution in [0, 0.1) is 5.92 Å². The lowest BCUT2D eigenvalue weighted by atomic mass is 10.1. The van der Waals surface area contributed by atoms with E-state index in [0.717, 1.165) is 23.9 Å². The van der Waals surface area contributed by atoms with E-state index in [2.05, 4.69) is 12.2 Å². The molecule has 1 aliphatic rings. The second-order valence-corrected chi connectivity index (χ2v) is 5.18. The summed E-state index contributed by atoms with van der Waals surface area (Å²) in [5, 5.41) is 12.1. The van der Waals surface area contributed by atoms with Crippen LogP contribution in [-0.4, -0.2) is 17.1 Å². The van der Waals surface area contributed by atoms with Crippen molar-refractivity contribution in [2.75, 3.05) is 0 Å². The highest BCUT2D eigenvalue weighted by Gasteiger charge is 2.36. The molecule has 100 valence electrons. The first-order valence-corrected chi connectivity index (χ1v) is 6.66. The number of furan rings is 1. The maximum Gasteiger partial charge on any atom is 0.320 e. The largest absolute Gasteiger partial charge is 0.480 e. The molecule has 0 aliphatic heterocycles. The average Bonchev–Trinajstić information content (AvgIpc) is 2.89. The van der Waals surface area contributed by atoms with Crippen LogP contribution >= 0.6 is 0 Å². The summed E-state index contributed by atoms with van der Waals surface area (Å²) in [5.74, 6) is 2.38. The fourth-order valence-electron chi connectivity index (χ4n) is 2.23. The fourth-order valence-corrected chi connectivity index (χ4v) is 2.23. The molecular formula is C14H21NO3. The summed E-state index contributed by atoms with van der Waals surface area (Å²) in [5.41, 5.74) is 0. The molecule has 1 aromatic heterocycles. The second kappa shape index (κ2) is 5.57. The Labute approximate surface area is 107 Å². The Balaban J connectivity index is 1.85. The zero-order valence-corrected chi connectivity index (χ0v) is 11.0. The molecule has 1 heterocycles. The van der Waals surface area contributed by atoms with Crippen molar-refractivity contribution in [3.05, 3.63) is 23.7 Å². The molecule has 0 radical (unpaired) electrons. The Kier molecular flexibility index (Phi) is 4.07. The maximum atomic E-state index is 11.0. The molecule has 2 N–H and O–H groups in total. The van der Waals surface area contributed by atoms with Crippen LogP contribution in [0.15, 0.2) is 16.5 Å². The smallest absolute Gasteiger partial charge is 0.320 e. The van der Waals surface area contributed by atoms with Gasteiger partial charge in [-0.1, -0.05) is 20.3 Å². The van der Waals surface area contributed by atoms with E-state index in [-0.39, 0.29) is 0 Å². The summed E-state index contributed by atoms with van der Waals surface area (Å²) in [7, 11) is 0. The van der Waals surface area contributed by atoms with E-state index < -0.39 is 12.0 Å². The fraction of sp³-hybridized carbons (Fsp3) is 0.643. The highest BCUT2D eigenvalue weighted by atomic mass is 16.4. The zero-order chi connectivity index (χ0) is 13.1. The predicted molar refractivity (Wildman–Crippen MR) is 68.4 cm³/mol. The molecule has 4 heteroatoms. The highest BCUT2D eigenvalue weighted by Crippen LogP contribution is 2.47. The summed E-state index contributed by atoms with van der Waals surface area (Å²) in [6, 6.07) is 3.47. The summed E-state index contributed by atoms with van der Waals surface area (Å²) in [6.45, 7) is 4.68. The van der Waals surface area contributed by atoms with Crippen molar-refractivity contribution < 1.29 is 14.3 Å². The van der Waals surface area contributed by atoms with E-state index in [4.69, 9.17) is 9.52 Å². The Bertz CT molecular complexity index is 413. The SMILES string of the molecule is CCCC(NCc1ccc(C2CC2C)o1)C(=O)O. The van der Waals surface area contributed by atoms with E-state index in [0.29, 0.717) is 18.9 Å². The first-order chi connectivity index (χ1) is 8.61. The third kappa shape index (κ3) is 3.13. The van der Waals surface area contributed by atoms with Crippen LogP contribution in [-0.2, 0) is 11.3 Å². The highest BCUT2D eigenvalue weighted by molar-refractivity contribution is 5.73. The molecule has 2 rings (SSSR count). The predicted octanol–water partition coefficient (Wildman–Crippen LogP) is 2.75. The standard InChI is InChI=1S/C14H21NO3/c1-3-4-12(14(16)17)15-8-10-5-6-13(18-10)11-7-9(11)2/h5-6,9,11-12,15H,3-4,7-8H2,1-2H3,(H,16,17). The van der Waals surface area contributed by atoms with Gasteiger partial charge in [0.05, 0.1) is 6.54 Å². The molecule has 0 amide bonds. The normalized spacial score (nSPS) is 23.9. The van der Waals surface area contributed by atoms with Crippen LogP contribution in [0.1, 0.15) is 50.5 Å². The number of hydrogen-bond donors (Lipinski definition) is 2. The first-order valence-electron chi connectivity index (χ1n) is 6.66. The molecule has 1 aliphatic carbocycles. The first kappa shape index (κ1) is 13.1. The number of carboxylic acids is 1. The Morgan fingerprint density at radius 1 is 1.61 bits per heavy atom. The molecule has 1 aromatic rings. The third-order valence-electron chi connectivity index (χ3n) is 3.56. The van der Waals surface area contributed by atoms with Crippen molar-refractivity contribution in [2.24, 2.45) is 5.92 Å². The molecule has 1 fully saturated rings. The second-order valence-electron chi connectivity index (χ2n) is 5.18. The maximum absolute atomic E-state index is 11.0. The van der Waals surface area contributed by atoms with Gasteiger partial charge < -0.3 is 9.52 Å². The number of hydrogen-bond acceptors (Lipinski definition) is 3.